The lowest BCUT2D eigenvalue weighted by atomic mass is 10.2. The summed E-state index contributed by atoms with van der Waals surface area (Å²) in [5.41, 5.74) is 7.03. The van der Waals surface area contributed by atoms with Gasteiger partial charge in [-0.2, -0.15) is 0 Å². The van der Waals surface area contributed by atoms with E-state index in [-0.39, 0.29) is 5.91 Å². The summed E-state index contributed by atoms with van der Waals surface area (Å²) < 4.78 is 0. The van der Waals surface area contributed by atoms with E-state index < -0.39 is 5.91 Å². The summed E-state index contributed by atoms with van der Waals surface area (Å²) in [5.74, 6) is -0.842. The molecule has 24 heavy (non-hydrogen) atoms. The van der Waals surface area contributed by atoms with Crippen molar-refractivity contribution in [2.45, 2.75) is 6.92 Å². The Morgan fingerprint density at radius 3 is 2.58 bits per heavy atom. The standard InChI is InChI=1S/C16H12ClN3O2S2/c1-8-11(6-13(24-8)14(18)21)19-15(22)12-7-23-16(20-12)9-2-4-10(17)5-3-9/h2-7H,1H3,(H2,18,21)(H,19,22). The molecule has 0 fully saturated rings. The normalized spacial score (nSPS) is 10.6. The van der Waals surface area contributed by atoms with E-state index in [1.165, 1.54) is 22.7 Å². The minimum absolute atomic E-state index is 0.316. The van der Waals surface area contributed by atoms with Gasteiger partial charge < -0.3 is 11.1 Å². The number of nitrogens with zero attached hydrogens (tertiary/aromatic N) is 1. The number of thiazole rings is 1. The summed E-state index contributed by atoms with van der Waals surface area (Å²) in [4.78, 5) is 29.1. The molecule has 0 spiro atoms. The van der Waals surface area contributed by atoms with E-state index >= 15 is 0 Å². The van der Waals surface area contributed by atoms with Gasteiger partial charge in [-0.15, -0.1) is 22.7 Å². The predicted molar refractivity (Wildman–Crippen MR) is 98.1 cm³/mol. The van der Waals surface area contributed by atoms with E-state index in [1.54, 1.807) is 23.6 Å². The van der Waals surface area contributed by atoms with Gasteiger partial charge in [-0.05, 0) is 25.1 Å². The molecule has 3 N–H and O–H groups in total. The van der Waals surface area contributed by atoms with Crippen LogP contribution in [0.4, 0.5) is 5.69 Å². The smallest absolute Gasteiger partial charge is 0.275 e. The first-order valence-corrected chi connectivity index (χ1v) is 8.94. The van der Waals surface area contributed by atoms with Crippen molar-refractivity contribution in [3.05, 3.63) is 56.2 Å². The van der Waals surface area contributed by atoms with Gasteiger partial charge in [0.05, 0.1) is 10.6 Å². The van der Waals surface area contributed by atoms with Crippen LogP contribution in [-0.4, -0.2) is 16.8 Å². The molecule has 0 aliphatic rings. The molecule has 2 aromatic heterocycles. The van der Waals surface area contributed by atoms with Crippen molar-refractivity contribution in [3.63, 3.8) is 0 Å². The molecule has 2 heterocycles. The molecule has 0 aliphatic carbocycles. The number of aryl methyl sites for hydroxylation is 1. The first-order valence-electron chi connectivity index (χ1n) is 6.87. The molecule has 0 bridgehead atoms. The summed E-state index contributed by atoms with van der Waals surface area (Å²) in [7, 11) is 0. The number of hydrogen-bond donors (Lipinski definition) is 2. The molecule has 5 nitrogen and oxygen atoms in total. The Morgan fingerprint density at radius 2 is 1.96 bits per heavy atom. The molecule has 0 aliphatic heterocycles. The third-order valence-electron chi connectivity index (χ3n) is 3.24. The zero-order valence-corrected chi connectivity index (χ0v) is 14.9. The van der Waals surface area contributed by atoms with E-state index in [0.717, 1.165) is 15.4 Å². The second kappa shape index (κ2) is 6.72. The lowest BCUT2D eigenvalue weighted by Crippen LogP contribution is -2.12. The number of thiophene rings is 1. The summed E-state index contributed by atoms with van der Waals surface area (Å²) in [6, 6.07) is 8.83. The Kier molecular flexibility index (Phi) is 4.66. The van der Waals surface area contributed by atoms with Crippen LogP contribution >= 0.6 is 34.3 Å². The number of carbonyl (C=O) groups excluding carboxylic acids is 2. The van der Waals surface area contributed by atoms with E-state index in [9.17, 15) is 9.59 Å². The number of amides is 2. The largest absolute Gasteiger partial charge is 0.365 e. The van der Waals surface area contributed by atoms with Gasteiger partial charge in [0, 0.05) is 20.8 Å². The summed E-state index contributed by atoms with van der Waals surface area (Å²) >= 11 is 8.49. The molecule has 3 aromatic rings. The van der Waals surface area contributed by atoms with Gasteiger partial charge >= 0.3 is 0 Å². The molecule has 0 radical (unpaired) electrons. The highest BCUT2D eigenvalue weighted by molar-refractivity contribution is 7.14. The van der Waals surface area contributed by atoms with Crippen LogP contribution in [0.2, 0.25) is 5.02 Å². The number of primary amides is 1. The van der Waals surface area contributed by atoms with Crippen molar-refractivity contribution in [3.8, 4) is 10.6 Å². The van der Waals surface area contributed by atoms with Gasteiger partial charge in [-0.1, -0.05) is 23.7 Å². The fraction of sp³-hybridized carbons (Fsp3) is 0.0625. The minimum Gasteiger partial charge on any atom is -0.365 e. The number of nitrogens with one attached hydrogen (secondary N) is 1. The second-order valence-electron chi connectivity index (χ2n) is 4.94. The molecular formula is C16H12ClN3O2S2. The van der Waals surface area contributed by atoms with Crippen LogP contribution in [0.15, 0.2) is 35.7 Å². The fourth-order valence-corrected chi connectivity index (χ4v) is 3.78. The van der Waals surface area contributed by atoms with E-state index in [0.29, 0.717) is 21.3 Å². The van der Waals surface area contributed by atoms with E-state index in [4.69, 9.17) is 17.3 Å². The van der Waals surface area contributed by atoms with Crippen LogP contribution in [0.5, 0.6) is 0 Å². The SMILES string of the molecule is Cc1sc(C(N)=O)cc1NC(=O)c1csc(-c2ccc(Cl)cc2)n1. The van der Waals surface area contributed by atoms with Crippen LogP contribution in [0.25, 0.3) is 10.6 Å². The average molecular weight is 378 g/mol. The number of anilines is 1. The van der Waals surface area contributed by atoms with Gasteiger partial charge in [-0.3, -0.25) is 9.59 Å². The van der Waals surface area contributed by atoms with Gasteiger partial charge in [0.15, 0.2) is 0 Å². The number of hydrogen-bond acceptors (Lipinski definition) is 5. The van der Waals surface area contributed by atoms with Crippen molar-refractivity contribution in [2.75, 3.05) is 5.32 Å². The van der Waals surface area contributed by atoms with E-state index in [1.807, 2.05) is 19.1 Å². The number of rotatable bonds is 4. The van der Waals surface area contributed by atoms with Gasteiger partial charge in [-0.25, -0.2) is 4.98 Å². The molecule has 0 saturated heterocycles. The van der Waals surface area contributed by atoms with Crippen molar-refractivity contribution >= 4 is 51.8 Å². The van der Waals surface area contributed by atoms with Crippen molar-refractivity contribution < 1.29 is 9.59 Å². The number of benzene rings is 1. The van der Waals surface area contributed by atoms with Gasteiger partial charge in [0.25, 0.3) is 11.8 Å². The van der Waals surface area contributed by atoms with Crippen LogP contribution in [0.1, 0.15) is 25.0 Å². The van der Waals surface area contributed by atoms with Crippen molar-refractivity contribution in [1.82, 2.24) is 4.98 Å². The van der Waals surface area contributed by atoms with E-state index in [2.05, 4.69) is 10.3 Å². The zero-order chi connectivity index (χ0) is 17.3. The Morgan fingerprint density at radius 1 is 1.25 bits per heavy atom. The van der Waals surface area contributed by atoms with Crippen molar-refractivity contribution in [2.24, 2.45) is 5.73 Å². The molecule has 2 amide bonds. The topological polar surface area (TPSA) is 85.1 Å². The van der Waals surface area contributed by atoms with Gasteiger partial charge in [0.1, 0.15) is 10.7 Å². The lowest BCUT2D eigenvalue weighted by molar-refractivity contribution is 0.0999. The summed E-state index contributed by atoms with van der Waals surface area (Å²) in [5, 5.41) is 5.83. The molecule has 0 saturated carbocycles. The van der Waals surface area contributed by atoms with Crippen LogP contribution in [0.3, 0.4) is 0 Å². The Labute approximate surface area is 151 Å². The lowest BCUT2D eigenvalue weighted by Gasteiger charge is -2.01. The fourth-order valence-electron chi connectivity index (χ4n) is 2.02. The van der Waals surface area contributed by atoms with Crippen molar-refractivity contribution in [1.29, 1.82) is 0 Å². The number of nitrogens with two attached hydrogens (primary N) is 1. The molecule has 122 valence electrons. The van der Waals surface area contributed by atoms with Crippen LogP contribution in [0, 0.1) is 6.92 Å². The monoisotopic (exact) mass is 377 g/mol. The quantitative estimate of drug-likeness (QED) is 0.715. The van der Waals surface area contributed by atoms with Crippen LogP contribution in [-0.2, 0) is 0 Å². The molecular weight excluding hydrogens is 366 g/mol. The summed E-state index contributed by atoms with van der Waals surface area (Å²) in [6.45, 7) is 1.81. The highest BCUT2D eigenvalue weighted by atomic mass is 35.5. The Hall–Kier alpha value is -2.22. The second-order valence-corrected chi connectivity index (χ2v) is 7.49. The molecule has 8 heteroatoms. The predicted octanol–water partition coefficient (Wildman–Crippen LogP) is 4.18. The maximum atomic E-state index is 12.3. The first-order chi connectivity index (χ1) is 11.4. The highest BCUT2D eigenvalue weighted by Gasteiger charge is 2.16. The Bertz CT molecular complexity index is 916. The van der Waals surface area contributed by atoms with Gasteiger partial charge in [0.2, 0.25) is 0 Å². The van der Waals surface area contributed by atoms with Crippen LogP contribution < -0.4 is 11.1 Å². The number of carbonyl (C=O) groups is 2. The molecule has 0 atom stereocenters. The molecule has 0 unspecified atom stereocenters. The maximum absolute atomic E-state index is 12.3. The number of halogens is 1. The summed E-state index contributed by atoms with van der Waals surface area (Å²) in [6.07, 6.45) is 0. The first kappa shape index (κ1) is 16.6. The third-order valence-corrected chi connectivity index (χ3v) is 5.45. The molecule has 1 aromatic carbocycles. The molecule has 3 rings (SSSR count). The average Bonchev–Trinajstić information content (AvgIpc) is 3.16. The minimum atomic E-state index is -0.512. The Balaban J connectivity index is 1.79. The zero-order valence-electron chi connectivity index (χ0n) is 12.5. The maximum Gasteiger partial charge on any atom is 0.275 e. The highest BCUT2D eigenvalue weighted by Crippen LogP contribution is 2.28. The third kappa shape index (κ3) is 3.48. The number of aromatic nitrogens is 1.